The summed E-state index contributed by atoms with van der Waals surface area (Å²) in [6.07, 6.45) is 5.34. The van der Waals surface area contributed by atoms with Crippen molar-refractivity contribution < 1.29 is 13.5 Å². The summed E-state index contributed by atoms with van der Waals surface area (Å²) in [5, 5.41) is 10.5. The van der Waals surface area contributed by atoms with Crippen molar-refractivity contribution in [1.29, 1.82) is 0 Å². The van der Waals surface area contributed by atoms with E-state index in [0.717, 1.165) is 11.1 Å². The SMILES string of the molecule is Cc1cccc(-c2ccc([C@H]3C4CN(S(=O)(=O)c5cnc(C)n5C)C/C=C\CN4[C@@H]3CO)cc2)c1C. The number of fused-ring (bicyclic) bond motifs is 1. The van der Waals surface area contributed by atoms with Gasteiger partial charge in [-0.3, -0.25) is 4.90 Å². The number of imidazole rings is 1. The molecule has 1 unspecified atom stereocenters. The molecule has 3 heterocycles. The fourth-order valence-electron chi connectivity index (χ4n) is 5.64. The van der Waals surface area contributed by atoms with Crippen LogP contribution < -0.4 is 0 Å². The molecule has 36 heavy (non-hydrogen) atoms. The summed E-state index contributed by atoms with van der Waals surface area (Å²) in [6, 6.07) is 14.8. The smallest absolute Gasteiger partial charge is 0.260 e. The highest BCUT2D eigenvalue weighted by Gasteiger charge is 2.50. The molecular formula is C28H34N4O3S. The van der Waals surface area contributed by atoms with E-state index in [4.69, 9.17) is 0 Å². The molecule has 0 amide bonds. The number of hydrogen-bond donors (Lipinski definition) is 1. The number of nitrogens with zero attached hydrogens (tertiary/aromatic N) is 4. The van der Waals surface area contributed by atoms with Crippen LogP contribution in [0.25, 0.3) is 11.1 Å². The minimum Gasteiger partial charge on any atom is -0.395 e. The highest BCUT2D eigenvalue weighted by molar-refractivity contribution is 7.89. The van der Waals surface area contributed by atoms with Crippen LogP contribution in [-0.2, 0) is 17.1 Å². The van der Waals surface area contributed by atoms with E-state index in [1.807, 2.05) is 12.2 Å². The van der Waals surface area contributed by atoms with Gasteiger partial charge in [-0.1, -0.05) is 54.6 Å². The van der Waals surface area contributed by atoms with Crippen molar-refractivity contribution in [3.8, 4) is 11.1 Å². The molecule has 190 valence electrons. The van der Waals surface area contributed by atoms with Crippen molar-refractivity contribution in [2.45, 2.75) is 43.8 Å². The summed E-state index contributed by atoms with van der Waals surface area (Å²) in [6.45, 7) is 7.47. The van der Waals surface area contributed by atoms with Crippen LogP contribution in [0.4, 0.5) is 0 Å². The summed E-state index contributed by atoms with van der Waals surface area (Å²) in [7, 11) is -1.99. The van der Waals surface area contributed by atoms with Gasteiger partial charge in [0.05, 0.1) is 12.8 Å². The van der Waals surface area contributed by atoms with Crippen molar-refractivity contribution in [1.82, 2.24) is 18.8 Å². The van der Waals surface area contributed by atoms with Gasteiger partial charge in [-0.2, -0.15) is 4.31 Å². The van der Waals surface area contributed by atoms with Crippen LogP contribution in [-0.4, -0.2) is 70.6 Å². The van der Waals surface area contributed by atoms with E-state index in [9.17, 15) is 13.5 Å². The number of rotatable bonds is 5. The van der Waals surface area contributed by atoms with E-state index in [2.05, 4.69) is 66.2 Å². The van der Waals surface area contributed by atoms with E-state index in [1.54, 1.807) is 22.8 Å². The zero-order valence-electron chi connectivity index (χ0n) is 21.3. The Hall–Kier alpha value is -2.78. The first-order chi connectivity index (χ1) is 17.2. The number of benzene rings is 2. The van der Waals surface area contributed by atoms with Gasteiger partial charge in [0.2, 0.25) is 0 Å². The fraction of sp³-hybridized carbons (Fsp3) is 0.393. The second kappa shape index (κ2) is 9.59. The lowest BCUT2D eigenvalue weighted by atomic mass is 9.74. The van der Waals surface area contributed by atoms with Gasteiger partial charge in [-0.25, -0.2) is 13.4 Å². The molecule has 0 aliphatic carbocycles. The molecule has 5 rings (SSSR count). The molecule has 2 aromatic carbocycles. The Morgan fingerprint density at radius 1 is 1.03 bits per heavy atom. The molecule has 1 N–H and O–H groups in total. The van der Waals surface area contributed by atoms with Crippen LogP contribution in [0.3, 0.4) is 0 Å². The number of aromatic nitrogens is 2. The Balaban J connectivity index is 1.45. The average Bonchev–Trinajstić information content (AvgIpc) is 3.19. The van der Waals surface area contributed by atoms with E-state index in [1.165, 1.54) is 22.9 Å². The van der Waals surface area contributed by atoms with Crippen LogP contribution in [0.5, 0.6) is 0 Å². The Kier molecular flexibility index (Phi) is 6.63. The summed E-state index contributed by atoms with van der Waals surface area (Å²) in [5.41, 5.74) is 6.04. The second-order valence-electron chi connectivity index (χ2n) is 9.91. The lowest BCUT2D eigenvalue weighted by molar-refractivity contribution is -0.0415. The number of aryl methyl sites for hydroxylation is 2. The molecule has 0 bridgehead atoms. The minimum absolute atomic E-state index is 0.0252. The Labute approximate surface area is 213 Å². The van der Waals surface area contributed by atoms with Gasteiger partial charge in [-0.15, -0.1) is 0 Å². The number of aliphatic hydroxyl groups excluding tert-OH is 1. The molecule has 3 atom stereocenters. The van der Waals surface area contributed by atoms with Gasteiger partial charge in [-0.05, 0) is 48.6 Å². The molecule has 0 saturated carbocycles. The molecular weight excluding hydrogens is 472 g/mol. The Morgan fingerprint density at radius 3 is 2.42 bits per heavy atom. The highest BCUT2D eigenvalue weighted by atomic mass is 32.2. The monoisotopic (exact) mass is 506 g/mol. The fourth-order valence-corrected chi connectivity index (χ4v) is 7.20. The van der Waals surface area contributed by atoms with Crippen LogP contribution in [0.15, 0.2) is 65.8 Å². The van der Waals surface area contributed by atoms with E-state index >= 15 is 0 Å². The highest BCUT2D eigenvalue weighted by Crippen LogP contribution is 2.42. The van der Waals surface area contributed by atoms with Crippen molar-refractivity contribution in [3.05, 3.63) is 83.3 Å². The molecule has 1 fully saturated rings. The lowest BCUT2D eigenvalue weighted by Crippen LogP contribution is -2.67. The first-order valence-corrected chi connectivity index (χ1v) is 13.8. The second-order valence-corrected chi connectivity index (χ2v) is 11.8. The maximum absolute atomic E-state index is 13.6. The van der Waals surface area contributed by atoms with Crippen LogP contribution in [0, 0.1) is 20.8 Å². The predicted molar refractivity (Wildman–Crippen MR) is 141 cm³/mol. The van der Waals surface area contributed by atoms with Gasteiger partial charge in [0.1, 0.15) is 5.82 Å². The van der Waals surface area contributed by atoms with E-state index < -0.39 is 10.0 Å². The van der Waals surface area contributed by atoms with Crippen molar-refractivity contribution in [2.75, 3.05) is 26.2 Å². The van der Waals surface area contributed by atoms with E-state index in [0.29, 0.717) is 25.5 Å². The minimum atomic E-state index is -3.72. The number of aliphatic hydroxyl groups is 1. The molecule has 7 nitrogen and oxygen atoms in total. The first kappa shape index (κ1) is 24.9. The molecule has 1 saturated heterocycles. The van der Waals surface area contributed by atoms with Crippen LogP contribution >= 0.6 is 0 Å². The zero-order valence-corrected chi connectivity index (χ0v) is 22.1. The maximum atomic E-state index is 13.6. The number of sulfonamides is 1. The van der Waals surface area contributed by atoms with Gasteiger partial charge < -0.3 is 9.67 Å². The molecule has 2 aliphatic heterocycles. The Bertz CT molecular complexity index is 1390. The average molecular weight is 507 g/mol. The zero-order chi connectivity index (χ0) is 25.6. The first-order valence-electron chi connectivity index (χ1n) is 12.4. The van der Waals surface area contributed by atoms with Crippen molar-refractivity contribution in [2.24, 2.45) is 7.05 Å². The van der Waals surface area contributed by atoms with Gasteiger partial charge in [0.15, 0.2) is 5.03 Å². The van der Waals surface area contributed by atoms with E-state index in [-0.39, 0.29) is 29.6 Å². The molecule has 2 aliphatic rings. The van der Waals surface area contributed by atoms with Gasteiger partial charge in [0, 0.05) is 44.7 Å². The van der Waals surface area contributed by atoms with Crippen LogP contribution in [0.2, 0.25) is 0 Å². The normalized spacial score (nSPS) is 24.0. The number of hydrogen-bond acceptors (Lipinski definition) is 5. The molecule has 1 aromatic heterocycles. The van der Waals surface area contributed by atoms with Gasteiger partial charge >= 0.3 is 0 Å². The van der Waals surface area contributed by atoms with Crippen LogP contribution in [0.1, 0.15) is 28.4 Å². The molecule has 8 heteroatoms. The summed E-state index contributed by atoms with van der Waals surface area (Å²) in [4.78, 5) is 6.41. The quantitative estimate of drug-likeness (QED) is 0.537. The summed E-state index contributed by atoms with van der Waals surface area (Å²) >= 11 is 0. The summed E-state index contributed by atoms with van der Waals surface area (Å²) in [5.74, 6) is 0.698. The maximum Gasteiger partial charge on any atom is 0.260 e. The van der Waals surface area contributed by atoms with Gasteiger partial charge in [0.25, 0.3) is 10.0 Å². The third-order valence-electron chi connectivity index (χ3n) is 8.04. The standard InChI is InChI=1S/C28H34N4O3S/c1-19-8-7-9-24(20(19)2)22-10-12-23(13-11-22)28-25-17-31(14-5-6-15-32(25)26(28)18-33)36(34,35)27-16-29-21(3)30(27)4/h5-13,16,25-26,28,33H,14-15,17-18H2,1-4H3/b6-5-/t25?,26-,28+/m1/s1. The van der Waals surface area contributed by atoms with Crippen molar-refractivity contribution >= 4 is 10.0 Å². The lowest BCUT2D eigenvalue weighted by Gasteiger charge is -2.56. The van der Waals surface area contributed by atoms with Crippen molar-refractivity contribution in [3.63, 3.8) is 0 Å². The third kappa shape index (κ3) is 4.12. The molecule has 0 spiro atoms. The molecule has 0 radical (unpaired) electrons. The largest absolute Gasteiger partial charge is 0.395 e. The molecule has 3 aromatic rings. The third-order valence-corrected chi connectivity index (χ3v) is 9.93. The predicted octanol–water partition coefficient (Wildman–Crippen LogP) is 3.40. The summed E-state index contributed by atoms with van der Waals surface area (Å²) < 4.78 is 30.3. The Morgan fingerprint density at radius 2 is 1.75 bits per heavy atom. The topological polar surface area (TPSA) is 78.7 Å².